The number of carbonyl (C=O) groups is 1. The van der Waals surface area contributed by atoms with Crippen LogP contribution in [0.3, 0.4) is 0 Å². The number of carbonyl (C=O) groups excluding carboxylic acids is 1. The Morgan fingerprint density at radius 2 is 2.00 bits per heavy atom. The minimum absolute atomic E-state index is 0.139. The lowest BCUT2D eigenvalue weighted by molar-refractivity contribution is -0.317. The van der Waals surface area contributed by atoms with E-state index in [1.807, 2.05) is 6.07 Å². The van der Waals surface area contributed by atoms with Gasteiger partial charge in [-0.15, -0.1) is 0 Å². The zero-order chi connectivity index (χ0) is 18.2. The van der Waals surface area contributed by atoms with Crippen molar-refractivity contribution in [2.24, 2.45) is 16.9 Å². The summed E-state index contributed by atoms with van der Waals surface area (Å²) in [5, 5.41) is 14.8. The first-order valence-corrected chi connectivity index (χ1v) is 8.49. The highest BCUT2D eigenvalue weighted by Gasteiger charge is 2.68. The summed E-state index contributed by atoms with van der Waals surface area (Å²) in [6.07, 6.45) is -3.32. The Morgan fingerprint density at radius 3 is 2.64 bits per heavy atom. The summed E-state index contributed by atoms with van der Waals surface area (Å²) < 4.78 is 41.1. The first-order chi connectivity index (χ1) is 11.7. The maximum Gasteiger partial charge on any atom is 0.439 e. The van der Waals surface area contributed by atoms with Gasteiger partial charge in [0.1, 0.15) is 0 Å². The van der Waals surface area contributed by atoms with Crippen molar-refractivity contribution in [1.29, 1.82) is 0 Å². The van der Waals surface area contributed by atoms with E-state index in [0.29, 0.717) is 23.6 Å². The molecule has 1 aromatic rings. The van der Waals surface area contributed by atoms with Gasteiger partial charge >= 0.3 is 6.18 Å². The fourth-order valence-electron chi connectivity index (χ4n) is 3.75. The standard InChI is InChI=1S/C18H21F3N2O2/c1-12-6-5-9-14-16(12)22-23(17(14,25)18(19,20)21)15(24)11-10-13-7-3-2-4-8-13/h2-4,7-8,12,14,25H,5-6,9-11H2,1H3/t12-,14-,17+/m1/s1. The lowest BCUT2D eigenvalue weighted by Gasteiger charge is -2.39. The molecule has 0 saturated heterocycles. The van der Waals surface area contributed by atoms with E-state index in [-0.39, 0.29) is 18.8 Å². The van der Waals surface area contributed by atoms with E-state index in [1.165, 1.54) is 0 Å². The Morgan fingerprint density at radius 1 is 1.32 bits per heavy atom. The molecule has 3 atom stereocenters. The maximum absolute atomic E-state index is 13.7. The molecule has 0 radical (unpaired) electrons. The van der Waals surface area contributed by atoms with Gasteiger partial charge in [-0.2, -0.15) is 23.3 Å². The second-order valence-electron chi connectivity index (χ2n) is 6.82. The van der Waals surface area contributed by atoms with E-state index >= 15 is 0 Å². The third kappa shape index (κ3) is 3.05. The predicted octanol–water partition coefficient (Wildman–Crippen LogP) is 3.50. The van der Waals surface area contributed by atoms with Gasteiger partial charge in [-0.05, 0) is 30.7 Å². The Kier molecular flexibility index (Phi) is 4.62. The Labute approximate surface area is 144 Å². The van der Waals surface area contributed by atoms with Crippen LogP contribution < -0.4 is 0 Å². The smallest absolute Gasteiger partial charge is 0.362 e. The van der Waals surface area contributed by atoms with Crippen LogP contribution in [0.25, 0.3) is 0 Å². The van der Waals surface area contributed by atoms with E-state index < -0.39 is 23.7 Å². The van der Waals surface area contributed by atoms with Crippen LogP contribution in [-0.4, -0.2) is 33.6 Å². The number of benzene rings is 1. The summed E-state index contributed by atoms with van der Waals surface area (Å²) in [5.41, 5.74) is -2.09. The zero-order valence-corrected chi connectivity index (χ0v) is 14.0. The molecule has 2 aliphatic rings. The van der Waals surface area contributed by atoms with Crippen LogP contribution in [0.1, 0.15) is 38.2 Å². The monoisotopic (exact) mass is 354 g/mol. The van der Waals surface area contributed by atoms with E-state index in [0.717, 1.165) is 12.0 Å². The molecule has 7 heteroatoms. The highest BCUT2D eigenvalue weighted by Crippen LogP contribution is 2.49. The van der Waals surface area contributed by atoms with Crippen LogP contribution in [-0.2, 0) is 11.2 Å². The van der Waals surface area contributed by atoms with Gasteiger partial charge in [0.2, 0.25) is 5.91 Å². The number of alkyl halides is 3. The van der Waals surface area contributed by atoms with Crippen molar-refractivity contribution in [3.05, 3.63) is 35.9 Å². The second-order valence-corrected chi connectivity index (χ2v) is 6.82. The number of halogens is 3. The molecule has 0 bridgehead atoms. The molecule has 1 aliphatic heterocycles. The van der Waals surface area contributed by atoms with Crippen molar-refractivity contribution in [3.8, 4) is 0 Å². The molecule has 1 aromatic carbocycles. The number of hydrogen-bond donors (Lipinski definition) is 1. The number of hydrogen-bond acceptors (Lipinski definition) is 3. The minimum atomic E-state index is -4.96. The molecule has 3 rings (SSSR count). The molecule has 136 valence electrons. The molecule has 1 amide bonds. The molecule has 1 N–H and O–H groups in total. The van der Waals surface area contributed by atoms with Gasteiger partial charge in [-0.1, -0.05) is 43.7 Å². The van der Waals surface area contributed by atoms with Crippen molar-refractivity contribution in [3.63, 3.8) is 0 Å². The Hall–Kier alpha value is -1.89. The lowest BCUT2D eigenvalue weighted by atomic mass is 9.75. The van der Waals surface area contributed by atoms with Crippen LogP contribution in [0.15, 0.2) is 35.4 Å². The van der Waals surface area contributed by atoms with Crippen LogP contribution in [0.5, 0.6) is 0 Å². The quantitative estimate of drug-likeness (QED) is 0.903. The number of hydrazone groups is 1. The van der Waals surface area contributed by atoms with Crippen LogP contribution >= 0.6 is 0 Å². The van der Waals surface area contributed by atoms with Gasteiger partial charge in [0.05, 0.1) is 5.92 Å². The zero-order valence-electron chi connectivity index (χ0n) is 14.0. The molecule has 0 spiro atoms. The van der Waals surface area contributed by atoms with E-state index in [1.54, 1.807) is 31.2 Å². The lowest BCUT2D eigenvalue weighted by Crippen LogP contribution is -2.61. The fraction of sp³-hybridized carbons (Fsp3) is 0.556. The highest BCUT2D eigenvalue weighted by molar-refractivity contribution is 5.94. The highest BCUT2D eigenvalue weighted by atomic mass is 19.4. The van der Waals surface area contributed by atoms with E-state index in [9.17, 15) is 23.1 Å². The van der Waals surface area contributed by atoms with Gasteiger partial charge in [0.25, 0.3) is 5.72 Å². The SMILES string of the molecule is C[C@@H]1CCC[C@@H]2C1=NN(C(=O)CCc1ccccc1)[C@@]2(O)C(F)(F)F. The summed E-state index contributed by atoms with van der Waals surface area (Å²) in [5.74, 6) is -2.14. The number of fused-ring (bicyclic) bond motifs is 1. The van der Waals surface area contributed by atoms with Crippen molar-refractivity contribution in [2.45, 2.75) is 50.9 Å². The van der Waals surface area contributed by atoms with Gasteiger partial charge in [0.15, 0.2) is 0 Å². The van der Waals surface area contributed by atoms with Gasteiger partial charge < -0.3 is 5.11 Å². The number of nitrogens with zero attached hydrogens (tertiary/aromatic N) is 2. The predicted molar refractivity (Wildman–Crippen MR) is 86.6 cm³/mol. The van der Waals surface area contributed by atoms with Crippen molar-refractivity contribution >= 4 is 11.6 Å². The molecule has 1 aliphatic carbocycles. The molecule has 1 heterocycles. The third-order valence-corrected chi connectivity index (χ3v) is 5.14. The van der Waals surface area contributed by atoms with Gasteiger partial charge in [0, 0.05) is 12.1 Å². The van der Waals surface area contributed by atoms with Crippen molar-refractivity contribution in [1.82, 2.24) is 5.01 Å². The maximum atomic E-state index is 13.7. The Bertz CT molecular complexity index is 675. The summed E-state index contributed by atoms with van der Waals surface area (Å²) in [6.45, 7) is 1.79. The number of rotatable bonds is 3. The van der Waals surface area contributed by atoms with E-state index in [2.05, 4.69) is 5.10 Å². The first kappa shape index (κ1) is 17.9. The minimum Gasteiger partial charge on any atom is -0.362 e. The first-order valence-electron chi connectivity index (χ1n) is 8.49. The fourth-order valence-corrected chi connectivity index (χ4v) is 3.75. The average Bonchev–Trinajstić information content (AvgIpc) is 2.89. The van der Waals surface area contributed by atoms with Crippen molar-refractivity contribution < 1.29 is 23.1 Å². The topological polar surface area (TPSA) is 52.9 Å². The average molecular weight is 354 g/mol. The molecule has 4 nitrogen and oxygen atoms in total. The summed E-state index contributed by atoms with van der Waals surface area (Å²) in [6, 6.07) is 9.05. The molecule has 1 fully saturated rings. The summed E-state index contributed by atoms with van der Waals surface area (Å²) >= 11 is 0. The number of aryl methyl sites for hydroxylation is 1. The Balaban J connectivity index is 1.85. The third-order valence-electron chi connectivity index (χ3n) is 5.14. The van der Waals surface area contributed by atoms with Gasteiger partial charge in [-0.3, -0.25) is 4.79 Å². The molecule has 1 saturated carbocycles. The number of amides is 1. The largest absolute Gasteiger partial charge is 0.439 e. The van der Waals surface area contributed by atoms with Crippen LogP contribution in [0, 0.1) is 11.8 Å². The van der Waals surface area contributed by atoms with Crippen LogP contribution in [0.2, 0.25) is 0 Å². The summed E-state index contributed by atoms with van der Waals surface area (Å²) in [4.78, 5) is 12.5. The normalized spacial score (nSPS) is 29.3. The number of aliphatic hydroxyl groups is 1. The molecular formula is C18H21F3N2O2. The summed E-state index contributed by atoms with van der Waals surface area (Å²) in [7, 11) is 0. The van der Waals surface area contributed by atoms with Gasteiger partial charge in [-0.25, -0.2) is 0 Å². The second kappa shape index (κ2) is 6.44. The van der Waals surface area contributed by atoms with Crippen molar-refractivity contribution in [2.75, 3.05) is 0 Å². The molecular weight excluding hydrogens is 333 g/mol. The molecule has 0 aromatic heterocycles. The van der Waals surface area contributed by atoms with Crippen LogP contribution in [0.4, 0.5) is 13.2 Å². The molecule has 25 heavy (non-hydrogen) atoms. The van der Waals surface area contributed by atoms with E-state index in [4.69, 9.17) is 0 Å². The molecule has 0 unspecified atom stereocenters.